The van der Waals surface area contributed by atoms with Crippen molar-refractivity contribution in [3.63, 3.8) is 0 Å². The van der Waals surface area contributed by atoms with Crippen LogP contribution >= 0.6 is 15.9 Å². The summed E-state index contributed by atoms with van der Waals surface area (Å²) in [6, 6.07) is 7.34. The molecule has 0 aliphatic heterocycles. The monoisotopic (exact) mass is 325 g/mol. The highest BCUT2D eigenvalue weighted by Crippen LogP contribution is 2.36. The molecule has 1 aliphatic carbocycles. The summed E-state index contributed by atoms with van der Waals surface area (Å²) in [6.45, 7) is 3.42. The van der Waals surface area contributed by atoms with Crippen LogP contribution in [0.5, 0.6) is 5.75 Å². The Bertz CT molecular complexity index is 432. The smallest absolute Gasteiger partial charge is 0.251 e. The molecule has 0 bridgehead atoms. The zero-order valence-corrected chi connectivity index (χ0v) is 12.8. The maximum atomic E-state index is 12.0. The normalized spacial score (nSPS) is 15.9. The summed E-state index contributed by atoms with van der Waals surface area (Å²) in [6.07, 6.45) is 3.50. The van der Waals surface area contributed by atoms with E-state index in [0.717, 1.165) is 18.1 Å². The topological polar surface area (TPSA) is 38.3 Å². The number of nitrogens with one attached hydrogen (secondary N) is 1. The molecule has 1 amide bonds. The van der Waals surface area contributed by atoms with Crippen molar-refractivity contribution in [1.82, 2.24) is 5.32 Å². The van der Waals surface area contributed by atoms with Crippen molar-refractivity contribution < 1.29 is 9.53 Å². The van der Waals surface area contributed by atoms with E-state index in [2.05, 4.69) is 28.2 Å². The third-order valence-electron chi connectivity index (χ3n) is 3.16. The van der Waals surface area contributed by atoms with Gasteiger partial charge in [-0.1, -0.05) is 28.9 Å². The average molecular weight is 326 g/mol. The first kappa shape index (κ1) is 14.4. The number of hydrogen-bond acceptors (Lipinski definition) is 2. The Labute approximate surface area is 122 Å². The molecule has 1 fully saturated rings. The summed E-state index contributed by atoms with van der Waals surface area (Å²) in [5, 5.41) is 2.96. The second kappa shape index (κ2) is 6.94. The lowest BCUT2D eigenvalue weighted by atomic mass is 10.2. The third-order valence-corrected chi connectivity index (χ3v) is 4.23. The van der Waals surface area contributed by atoms with E-state index in [4.69, 9.17) is 4.74 Å². The Balaban J connectivity index is 1.86. The van der Waals surface area contributed by atoms with E-state index >= 15 is 0 Å². The van der Waals surface area contributed by atoms with Crippen molar-refractivity contribution in [1.29, 1.82) is 0 Å². The summed E-state index contributed by atoms with van der Waals surface area (Å²) in [4.78, 5) is 12.4. The standard InChI is InChI=1S/C15H20BrNO2/c1-2-8-19-13-5-3-4-12(9-13)15(18)17-10-14(16)11-6-7-11/h3-5,9,11,14H,2,6-8,10H2,1H3,(H,17,18). The van der Waals surface area contributed by atoms with Crippen molar-refractivity contribution in [2.24, 2.45) is 5.92 Å². The molecule has 1 N–H and O–H groups in total. The molecule has 0 spiro atoms. The number of ether oxygens (including phenoxy) is 1. The number of benzene rings is 1. The van der Waals surface area contributed by atoms with Gasteiger partial charge in [0.2, 0.25) is 0 Å². The number of hydrogen-bond donors (Lipinski definition) is 1. The predicted molar refractivity (Wildman–Crippen MR) is 80.0 cm³/mol. The van der Waals surface area contributed by atoms with E-state index in [0.29, 0.717) is 23.5 Å². The Morgan fingerprint density at radius 3 is 3.00 bits per heavy atom. The number of carbonyl (C=O) groups excluding carboxylic acids is 1. The third kappa shape index (κ3) is 4.53. The van der Waals surface area contributed by atoms with Crippen molar-refractivity contribution >= 4 is 21.8 Å². The van der Waals surface area contributed by atoms with Crippen LogP contribution in [0.3, 0.4) is 0 Å². The molecule has 1 atom stereocenters. The molecule has 0 heterocycles. The van der Waals surface area contributed by atoms with Crippen molar-refractivity contribution in [2.45, 2.75) is 31.0 Å². The fraction of sp³-hybridized carbons (Fsp3) is 0.533. The van der Waals surface area contributed by atoms with Gasteiger partial charge in [0.25, 0.3) is 5.91 Å². The molecule has 104 valence electrons. The van der Waals surface area contributed by atoms with Crippen LogP contribution in [0.15, 0.2) is 24.3 Å². The summed E-state index contributed by atoms with van der Waals surface area (Å²) in [7, 11) is 0. The molecule has 1 saturated carbocycles. The fourth-order valence-electron chi connectivity index (χ4n) is 1.86. The molecule has 4 heteroatoms. The van der Waals surface area contributed by atoms with Crippen LogP contribution in [0.1, 0.15) is 36.5 Å². The van der Waals surface area contributed by atoms with Crippen LogP contribution in [-0.4, -0.2) is 23.9 Å². The van der Waals surface area contributed by atoms with E-state index in [-0.39, 0.29) is 5.91 Å². The Hall–Kier alpha value is -1.03. The van der Waals surface area contributed by atoms with Gasteiger partial charge in [-0.3, -0.25) is 4.79 Å². The van der Waals surface area contributed by atoms with Gasteiger partial charge in [-0.2, -0.15) is 0 Å². The van der Waals surface area contributed by atoms with Crippen LogP contribution in [0.25, 0.3) is 0 Å². The summed E-state index contributed by atoms with van der Waals surface area (Å²) >= 11 is 3.62. The highest BCUT2D eigenvalue weighted by atomic mass is 79.9. The molecular weight excluding hydrogens is 306 g/mol. The minimum Gasteiger partial charge on any atom is -0.494 e. The number of amides is 1. The molecule has 1 unspecified atom stereocenters. The molecular formula is C15H20BrNO2. The quantitative estimate of drug-likeness (QED) is 0.780. The van der Waals surface area contributed by atoms with E-state index < -0.39 is 0 Å². The Morgan fingerprint density at radius 2 is 2.32 bits per heavy atom. The zero-order chi connectivity index (χ0) is 13.7. The van der Waals surface area contributed by atoms with Crippen LogP contribution in [0.2, 0.25) is 0 Å². The van der Waals surface area contributed by atoms with Gasteiger partial charge in [-0.05, 0) is 43.4 Å². The fourth-order valence-corrected chi connectivity index (χ4v) is 2.55. The van der Waals surface area contributed by atoms with Crippen molar-refractivity contribution in [3.05, 3.63) is 29.8 Å². The van der Waals surface area contributed by atoms with Crippen LogP contribution in [0.4, 0.5) is 0 Å². The minimum atomic E-state index is -0.0351. The maximum Gasteiger partial charge on any atom is 0.251 e. The minimum absolute atomic E-state index is 0.0351. The molecule has 0 radical (unpaired) electrons. The van der Waals surface area contributed by atoms with Crippen LogP contribution < -0.4 is 10.1 Å². The molecule has 1 aromatic rings. The first-order valence-corrected chi connectivity index (χ1v) is 7.77. The van der Waals surface area contributed by atoms with Crippen molar-refractivity contribution in [3.8, 4) is 5.75 Å². The molecule has 3 nitrogen and oxygen atoms in total. The number of carbonyl (C=O) groups is 1. The SMILES string of the molecule is CCCOc1cccc(C(=O)NCC(Br)C2CC2)c1. The van der Waals surface area contributed by atoms with E-state index in [9.17, 15) is 4.79 Å². The van der Waals surface area contributed by atoms with Gasteiger partial charge in [0, 0.05) is 16.9 Å². The predicted octanol–water partition coefficient (Wildman–Crippen LogP) is 3.38. The van der Waals surface area contributed by atoms with Gasteiger partial charge in [0.15, 0.2) is 0 Å². The number of alkyl halides is 1. The second-order valence-electron chi connectivity index (χ2n) is 4.94. The number of halogens is 1. The lowest BCUT2D eigenvalue weighted by molar-refractivity contribution is 0.0953. The summed E-state index contributed by atoms with van der Waals surface area (Å²) in [5.41, 5.74) is 0.657. The number of rotatable bonds is 7. The van der Waals surface area contributed by atoms with E-state index in [1.54, 1.807) is 6.07 Å². The van der Waals surface area contributed by atoms with E-state index in [1.165, 1.54) is 12.8 Å². The second-order valence-corrected chi connectivity index (χ2v) is 6.12. The Kier molecular flexibility index (Phi) is 5.25. The lowest BCUT2D eigenvalue weighted by Gasteiger charge is -2.11. The van der Waals surface area contributed by atoms with E-state index in [1.807, 2.05) is 18.2 Å². The van der Waals surface area contributed by atoms with Crippen LogP contribution in [0, 0.1) is 5.92 Å². The van der Waals surface area contributed by atoms with Gasteiger partial charge < -0.3 is 10.1 Å². The van der Waals surface area contributed by atoms with Gasteiger partial charge in [-0.15, -0.1) is 0 Å². The molecule has 2 rings (SSSR count). The molecule has 1 aliphatic rings. The molecule has 19 heavy (non-hydrogen) atoms. The largest absolute Gasteiger partial charge is 0.494 e. The Morgan fingerprint density at radius 1 is 1.53 bits per heavy atom. The summed E-state index contributed by atoms with van der Waals surface area (Å²) < 4.78 is 5.53. The highest BCUT2D eigenvalue weighted by Gasteiger charge is 2.29. The van der Waals surface area contributed by atoms with Crippen LogP contribution in [-0.2, 0) is 0 Å². The average Bonchev–Trinajstić information content (AvgIpc) is 3.27. The molecule has 1 aromatic carbocycles. The highest BCUT2D eigenvalue weighted by molar-refractivity contribution is 9.09. The van der Waals surface area contributed by atoms with Gasteiger partial charge >= 0.3 is 0 Å². The molecule has 0 aromatic heterocycles. The maximum absolute atomic E-state index is 12.0. The van der Waals surface area contributed by atoms with Gasteiger partial charge in [0.1, 0.15) is 5.75 Å². The first-order chi connectivity index (χ1) is 9.20. The first-order valence-electron chi connectivity index (χ1n) is 6.86. The van der Waals surface area contributed by atoms with Crippen molar-refractivity contribution in [2.75, 3.05) is 13.2 Å². The lowest BCUT2D eigenvalue weighted by Crippen LogP contribution is -2.30. The van der Waals surface area contributed by atoms with Gasteiger partial charge in [-0.25, -0.2) is 0 Å². The molecule has 0 saturated heterocycles. The summed E-state index contributed by atoms with van der Waals surface area (Å²) in [5.74, 6) is 1.46. The zero-order valence-electron chi connectivity index (χ0n) is 11.2. The van der Waals surface area contributed by atoms with Gasteiger partial charge in [0.05, 0.1) is 6.61 Å².